The second-order valence-corrected chi connectivity index (χ2v) is 6.11. The molecular weight excluding hydrogens is 350 g/mol. The number of amides is 1. The number of fused-ring (bicyclic) bond motifs is 1. The Morgan fingerprint density at radius 3 is 2.80 bits per heavy atom. The fourth-order valence-electron chi connectivity index (χ4n) is 2.37. The van der Waals surface area contributed by atoms with Crippen LogP contribution < -0.4 is 10.1 Å². The maximum Gasteiger partial charge on any atom is 0.268 e. The van der Waals surface area contributed by atoms with Crippen LogP contribution in [-0.2, 0) is 0 Å². The molecule has 3 rings (SSSR count). The highest BCUT2D eigenvalue weighted by molar-refractivity contribution is 6.31. The van der Waals surface area contributed by atoms with Gasteiger partial charge in [0, 0.05) is 22.0 Å². The second-order valence-electron chi connectivity index (χ2n) is 5.67. The fraction of sp³-hybridized carbons (Fsp3) is 0.167. The summed E-state index contributed by atoms with van der Waals surface area (Å²) in [5.74, 6) is -1.85. The van der Waals surface area contributed by atoms with Crippen LogP contribution in [0.3, 0.4) is 0 Å². The third-order valence-electron chi connectivity index (χ3n) is 3.59. The first kappa shape index (κ1) is 17.2. The van der Waals surface area contributed by atoms with Gasteiger partial charge in [-0.05, 0) is 37.3 Å². The number of carbonyl (C=O) groups is 1. The summed E-state index contributed by atoms with van der Waals surface area (Å²) in [5.41, 5.74) is 1.15. The number of halogens is 3. The van der Waals surface area contributed by atoms with Gasteiger partial charge in [0.05, 0.1) is 6.04 Å². The van der Waals surface area contributed by atoms with Crippen molar-refractivity contribution in [2.45, 2.75) is 13.0 Å². The molecule has 0 aliphatic rings. The molecule has 0 radical (unpaired) electrons. The van der Waals surface area contributed by atoms with Gasteiger partial charge in [0.25, 0.3) is 5.91 Å². The van der Waals surface area contributed by atoms with E-state index < -0.39 is 11.6 Å². The highest BCUT2D eigenvalue weighted by atomic mass is 35.5. The van der Waals surface area contributed by atoms with Crippen LogP contribution in [0.5, 0.6) is 5.75 Å². The summed E-state index contributed by atoms with van der Waals surface area (Å²) in [7, 11) is 0. The quantitative estimate of drug-likeness (QED) is 0.709. The SMILES string of the molecule is CC(COc1ccc(F)cc1F)NC(=O)c1cc2ccc(Cl)cc2[nH]1. The lowest BCUT2D eigenvalue weighted by Crippen LogP contribution is -2.37. The highest BCUT2D eigenvalue weighted by Crippen LogP contribution is 2.20. The summed E-state index contributed by atoms with van der Waals surface area (Å²) in [5, 5.41) is 4.19. The van der Waals surface area contributed by atoms with Crippen molar-refractivity contribution in [2.75, 3.05) is 6.61 Å². The molecular formula is C18H15ClF2N2O2. The first-order valence-corrected chi connectivity index (χ1v) is 7.97. The summed E-state index contributed by atoms with van der Waals surface area (Å²) in [4.78, 5) is 15.3. The van der Waals surface area contributed by atoms with Gasteiger partial charge >= 0.3 is 0 Å². The van der Waals surface area contributed by atoms with Crippen molar-refractivity contribution in [3.05, 3.63) is 64.8 Å². The minimum atomic E-state index is -0.786. The molecule has 2 aromatic carbocycles. The average Bonchev–Trinajstić information content (AvgIpc) is 2.97. The number of aromatic nitrogens is 1. The van der Waals surface area contributed by atoms with Crippen molar-refractivity contribution in [1.82, 2.24) is 10.3 Å². The lowest BCUT2D eigenvalue weighted by molar-refractivity contribution is 0.0922. The lowest BCUT2D eigenvalue weighted by Gasteiger charge is -2.15. The van der Waals surface area contributed by atoms with E-state index in [1.165, 1.54) is 6.07 Å². The first-order chi connectivity index (χ1) is 11.9. The third-order valence-corrected chi connectivity index (χ3v) is 3.82. The summed E-state index contributed by atoms with van der Waals surface area (Å²) in [6, 6.07) is 9.69. The van der Waals surface area contributed by atoms with Crippen molar-refractivity contribution < 1.29 is 18.3 Å². The van der Waals surface area contributed by atoms with Gasteiger partial charge < -0.3 is 15.0 Å². The molecule has 25 heavy (non-hydrogen) atoms. The fourth-order valence-corrected chi connectivity index (χ4v) is 2.54. The van der Waals surface area contributed by atoms with Crippen LogP contribution >= 0.6 is 11.6 Å². The highest BCUT2D eigenvalue weighted by Gasteiger charge is 2.14. The van der Waals surface area contributed by atoms with Crippen LogP contribution in [0.4, 0.5) is 8.78 Å². The van der Waals surface area contributed by atoms with Gasteiger partial charge in [0.1, 0.15) is 18.1 Å². The number of carbonyl (C=O) groups excluding carboxylic acids is 1. The summed E-state index contributed by atoms with van der Waals surface area (Å²) in [6.07, 6.45) is 0. The molecule has 1 amide bonds. The van der Waals surface area contributed by atoms with Crippen molar-refractivity contribution in [1.29, 1.82) is 0 Å². The van der Waals surface area contributed by atoms with Crippen LogP contribution in [-0.4, -0.2) is 23.5 Å². The van der Waals surface area contributed by atoms with Crippen molar-refractivity contribution in [2.24, 2.45) is 0 Å². The Labute approximate surface area is 147 Å². The zero-order valence-electron chi connectivity index (χ0n) is 13.3. The Kier molecular flexibility index (Phi) is 4.90. The van der Waals surface area contributed by atoms with E-state index in [9.17, 15) is 13.6 Å². The van der Waals surface area contributed by atoms with Gasteiger partial charge in [-0.2, -0.15) is 0 Å². The summed E-state index contributed by atoms with van der Waals surface area (Å²) < 4.78 is 31.6. The normalized spacial score (nSPS) is 12.2. The van der Waals surface area contributed by atoms with Crippen LogP contribution in [0.1, 0.15) is 17.4 Å². The molecule has 2 N–H and O–H groups in total. The van der Waals surface area contributed by atoms with E-state index in [-0.39, 0.29) is 24.3 Å². The van der Waals surface area contributed by atoms with Crippen LogP contribution in [0.2, 0.25) is 5.02 Å². The Morgan fingerprint density at radius 2 is 2.04 bits per heavy atom. The Morgan fingerprint density at radius 1 is 1.24 bits per heavy atom. The molecule has 1 unspecified atom stereocenters. The monoisotopic (exact) mass is 364 g/mol. The molecule has 0 spiro atoms. The molecule has 1 atom stereocenters. The predicted octanol–water partition coefficient (Wildman–Crippen LogP) is 4.30. The molecule has 1 heterocycles. The molecule has 0 fully saturated rings. The Balaban J connectivity index is 1.61. The summed E-state index contributed by atoms with van der Waals surface area (Å²) >= 11 is 5.92. The zero-order valence-corrected chi connectivity index (χ0v) is 14.0. The third kappa shape index (κ3) is 4.09. The number of nitrogens with one attached hydrogen (secondary N) is 2. The lowest BCUT2D eigenvalue weighted by atomic mass is 10.2. The zero-order chi connectivity index (χ0) is 18.0. The molecule has 0 bridgehead atoms. The van der Waals surface area contributed by atoms with E-state index in [0.29, 0.717) is 10.7 Å². The minimum absolute atomic E-state index is 0.0420. The predicted molar refractivity (Wildman–Crippen MR) is 92.1 cm³/mol. The van der Waals surface area contributed by atoms with Gasteiger partial charge in [-0.1, -0.05) is 17.7 Å². The van der Waals surface area contributed by atoms with Gasteiger partial charge in [-0.15, -0.1) is 0 Å². The van der Waals surface area contributed by atoms with E-state index >= 15 is 0 Å². The second kappa shape index (κ2) is 7.11. The van der Waals surface area contributed by atoms with E-state index in [1.807, 2.05) is 6.07 Å². The largest absolute Gasteiger partial charge is 0.488 e. The van der Waals surface area contributed by atoms with Gasteiger partial charge in [-0.3, -0.25) is 4.79 Å². The molecule has 130 valence electrons. The number of ether oxygens (including phenoxy) is 1. The van der Waals surface area contributed by atoms with Crippen LogP contribution in [0.25, 0.3) is 10.9 Å². The van der Waals surface area contributed by atoms with Gasteiger partial charge in [0.15, 0.2) is 11.6 Å². The number of rotatable bonds is 5. The maximum atomic E-state index is 13.5. The minimum Gasteiger partial charge on any atom is -0.488 e. The number of H-pyrrole nitrogens is 1. The molecule has 0 saturated heterocycles. The number of hydrogen-bond donors (Lipinski definition) is 2. The van der Waals surface area contributed by atoms with E-state index in [0.717, 1.165) is 23.0 Å². The standard InChI is InChI=1S/C18H15ClF2N2O2/c1-10(9-25-17-5-4-13(20)8-14(17)21)22-18(24)16-6-11-2-3-12(19)7-15(11)23-16/h2-8,10,23H,9H2,1H3,(H,22,24). The van der Waals surface area contributed by atoms with E-state index in [1.54, 1.807) is 25.1 Å². The van der Waals surface area contributed by atoms with Gasteiger partial charge in [-0.25, -0.2) is 8.78 Å². The molecule has 0 saturated carbocycles. The number of benzene rings is 2. The van der Waals surface area contributed by atoms with Crippen molar-refractivity contribution in [3.63, 3.8) is 0 Å². The van der Waals surface area contributed by atoms with Crippen molar-refractivity contribution in [3.8, 4) is 5.75 Å². The first-order valence-electron chi connectivity index (χ1n) is 7.59. The molecule has 4 nitrogen and oxygen atoms in total. The smallest absolute Gasteiger partial charge is 0.268 e. The summed E-state index contributed by atoms with van der Waals surface area (Å²) in [6.45, 7) is 1.76. The number of hydrogen-bond acceptors (Lipinski definition) is 2. The number of aromatic amines is 1. The topological polar surface area (TPSA) is 54.1 Å². The van der Waals surface area contributed by atoms with Gasteiger partial charge in [0.2, 0.25) is 0 Å². The molecule has 0 aliphatic carbocycles. The molecule has 7 heteroatoms. The Hall–Kier alpha value is -2.60. The molecule has 3 aromatic rings. The maximum absolute atomic E-state index is 13.5. The van der Waals surface area contributed by atoms with Crippen LogP contribution in [0, 0.1) is 11.6 Å². The Bertz CT molecular complexity index is 927. The molecule has 1 aromatic heterocycles. The van der Waals surface area contributed by atoms with E-state index in [2.05, 4.69) is 10.3 Å². The molecule has 0 aliphatic heterocycles. The average molecular weight is 365 g/mol. The van der Waals surface area contributed by atoms with E-state index in [4.69, 9.17) is 16.3 Å². The van der Waals surface area contributed by atoms with Crippen LogP contribution in [0.15, 0.2) is 42.5 Å². The van der Waals surface area contributed by atoms with Crippen molar-refractivity contribution >= 4 is 28.4 Å².